The van der Waals surface area contributed by atoms with Gasteiger partial charge in [0.1, 0.15) is 4.90 Å². The highest BCUT2D eigenvalue weighted by atomic mass is 32.2. The van der Waals surface area contributed by atoms with Crippen LogP contribution in [0.2, 0.25) is 0 Å². The van der Waals surface area contributed by atoms with Crippen molar-refractivity contribution >= 4 is 15.7 Å². The van der Waals surface area contributed by atoms with Crippen molar-refractivity contribution < 1.29 is 8.42 Å². The van der Waals surface area contributed by atoms with Crippen molar-refractivity contribution in [1.29, 1.82) is 0 Å². The first kappa shape index (κ1) is 16.3. The molecule has 2 atom stereocenters. The molecule has 21 heavy (non-hydrogen) atoms. The Kier molecular flexibility index (Phi) is 5.24. The average molecular weight is 311 g/mol. The lowest BCUT2D eigenvalue weighted by molar-refractivity contribution is 0.188. The Morgan fingerprint density at radius 2 is 2.05 bits per heavy atom. The van der Waals surface area contributed by atoms with Crippen LogP contribution in [-0.2, 0) is 10.0 Å². The Balaban J connectivity index is 2.19. The Bertz CT molecular complexity index is 574. The maximum Gasteiger partial charge on any atom is 0.242 e. The van der Waals surface area contributed by atoms with Crippen LogP contribution in [0, 0.1) is 5.92 Å². The first-order valence-electron chi connectivity index (χ1n) is 7.48. The van der Waals surface area contributed by atoms with Crippen LogP contribution in [0.25, 0.3) is 0 Å². The van der Waals surface area contributed by atoms with Gasteiger partial charge in [0.05, 0.1) is 5.69 Å². The van der Waals surface area contributed by atoms with Gasteiger partial charge in [0.15, 0.2) is 0 Å². The van der Waals surface area contributed by atoms with E-state index in [0.29, 0.717) is 23.0 Å². The van der Waals surface area contributed by atoms with Crippen molar-refractivity contribution in [3.05, 3.63) is 24.3 Å². The molecule has 0 aromatic heterocycles. The summed E-state index contributed by atoms with van der Waals surface area (Å²) in [4.78, 5) is 2.57. The molecule has 0 radical (unpaired) electrons. The molecule has 5 nitrogen and oxygen atoms in total. The summed E-state index contributed by atoms with van der Waals surface area (Å²) in [6, 6.07) is 7.06. The van der Waals surface area contributed by atoms with E-state index in [-0.39, 0.29) is 6.04 Å². The van der Waals surface area contributed by atoms with Crippen molar-refractivity contribution in [3.63, 3.8) is 0 Å². The van der Waals surface area contributed by atoms with Crippen LogP contribution in [0.1, 0.15) is 20.3 Å². The summed E-state index contributed by atoms with van der Waals surface area (Å²) < 4.78 is 28.2. The predicted octanol–water partition coefficient (Wildman–Crippen LogP) is 1.74. The van der Waals surface area contributed by atoms with Crippen molar-refractivity contribution in [1.82, 2.24) is 9.62 Å². The molecule has 0 aliphatic carbocycles. The molecule has 2 unspecified atom stereocenters. The van der Waals surface area contributed by atoms with Crippen LogP contribution in [0.3, 0.4) is 0 Å². The van der Waals surface area contributed by atoms with Crippen molar-refractivity contribution in [2.24, 2.45) is 5.92 Å². The molecular weight excluding hydrogens is 286 g/mol. The number of piperidine rings is 1. The Morgan fingerprint density at radius 1 is 1.33 bits per heavy atom. The molecule has 0 amide bonds. The number of sulfonamides is 1. The fourth-order valence-corrected chi connectivity index (χ4v) is 4.39. The number of nitrogens with one attached hydrogen (secondary N) is 2. The lowest BCUT2D eigenvalue weighted by atomic mass is 9.95. The monoisotopic (exact) mass is 311 g/mol. The van der Waals surface area contributed by atoms with E-state index in [4.69, 9.17) is 0 Å². The molecule has 118 valence electrons. The second-order valence-electron chi connectivity index (χ2n) is 5.78. The highest BCUT2D eigenvalue weighted by Crippen LogP contribution is 2.23. The maximum atomic E-state index is 12.7. The third-order valence-corrected chi connectivity index (χ3v) is 5.51. The molecule has 1 saturated heterocycles. The molecule has 1 fully saturated rings. The molecule has 1 heterocycles. The van der Waals surface area contributed by atoms with E-state index in [2.05, 4.69) is 28.9 Å². The van der Waals surface area contributed by atoms with Crippen LogP contribution < -0.4 is 10.0 Å². The molecule has 2 N–H and O–H groups in total. The number of hydrogen-bond acceptors (Lipinski definition) is 4. The second-order valence-corrected chi connectivity index (χ2v) is 7.46. The summed E-state index contributed by atoms with van der Waals surface area (Å²) in [7, 11) is -1.42. The number of rotatable bonds is 5. The molecular formula is C15H25N3O2S. The number of hydrogen-bond donors (Lipinski definition) is 2. The first-order valence-corrected chi connectivity index (χ1v) is 8.96. The molecule has 1 aliphatic rings. The number of benzene rings is 1. The van der Waals surface area contributed by atoms with Gasteiger partial charge in [0.25, 0.3) is 0 Å². The van der Waals surface area contributed by atoms with Crippen LogP contribution in [0.15, 0.2) is 29.2 Å². The highest BCUT2D eigenvalue weighted by Gasteiger charge is 2.29. The molecule has 1 aliphatic heterocycles. The van der Waals surface area contributed by atoms with Gasteiger partial charge in [-0.1, -0.05) is 19.1 Å². The van der Waals surface area contributed by atoms with E-state index in [0.717, 1.165) is 19.5 Å². The van der Waals surface area contributed by atoms with E-state index < -0.39 is 10.0 Å². The zero-order chi connectivity index (χ0) is 15.5. The topological polar surface area (TPSA) is 61.4 Å². The summed E-state index contributed by atoms with van der Waals surface area (Å²) in [5.41, 5.74) is 0.660. The van der Waals surface area contributed by atoms with E-state index in [1.165, 1.54) is 0 Å². The van der Waals surface area contributed by atoms with E-state index in [1.54, 1.807) is 18.2 Å². The molecule has 1 aromatic carbocycles. The molecule has 0 spiro atoms. The second kappa shape index (κ2) is 6.77. The van der Waals surface area contributed by atoms with Crippen LogP contribution in [-0.4, -0.2) is 46.0 Å². The van der Waals surface area contributed by atoms with Crippen molar-refractivity contribution in [2.75, 3.05) is 32.0 Å². The smallest absolute Gasteiger partial charge is 0.242 e. The standard InChI is InChI=1S/C15H25N3O2S/c1-4-16-14-7-5-6-8-15(14)21(19,20)17-13-9-10-18(3)11-12(13)2/h5-8,12-13,16-17H,4,9-11H2,1-3H3. The van der Waals surface area contributed by atoms with Gasteiger partial charge in [-0.3, -0.25) is 0 Å². The SMILES string of the molecule is CCNc1ccccc1S(=O)(=O)NC1CCN(C)CC1C. The maximum absolute atomic E-state index is 12.7. The normalized spacial score (nSPS) is 24.0. The summed E-state index contributed by atoms with van der Waals surface area (Å²) in [6.07, 6.45) is 0.847. The summed E-state index contributed by atoms with van der Waals surface area (Å²) in [5, 5.41) is 3.11. The predicted molar refractivity (Wildman–Crippen MR) is 86.0 cm³/mol. The number of nitrogens with zero attached hydrogens (tertiary/aromatic N) is 1. The van der Waals surface area contributed by atoms with Gasteiger partial charge in [-0.2, -0.15) is 0 Å². The summed E-state index contributed by atoms with van der Waals surface area (Å²) in [5.74, 6) is 0.310. The van der Waals surface area contributed by atoms with Gasteiger partial charge in [0.2, 0.25) is 10.0 Å². The van der Waals surface area contributed by atoms with Gasteiger partial charge in [-0.15, -0.1) is 0 Å². The van der Waals surface area contributed by atoms with Crippen molar-refractivity contribution in [3.8, 4) is 0 Å². The van der Waals surface area contributed by atoms with E-state index >= 15 is 0 Å². The summed E-state index contributed by atoms with van der Waals surface area (Å²) >= 11 is 0. The quantitative estimate of drug-likeness (QED) is 0.869. The molecule has 0 saturated carbocycles. The van der Waals surface area contributed by atoms with Crippen molar-refractivity contribution in [2.45, 2.75) is 31.2 Å². The Labute approximate surface area is 127 Å². The van der Waals surface area contributed by atoms with Gasteiger partial charge < -0.3 is 10.2 Å². The lowest BCUT2D eigenvalue weighted by Crippen LogP contribution is -2.48. The third-order valence-electron chi connectivity index (χ3n) is 3.96. The van der Waals surface area contributed by atoms with Gasteiger partial charge >= 0.3 is 0 Å². The fraction of sp³-hybridized carbons (Fsp3) is 0.600. The number of likely N-dealkylation sites (tertiary alicyclic amines) is 1. The fourth-order valence-electron chi connectivity index (χ4n) is 2.83. The Hall–Kier alpha value is -1.11. The molecule has 1 aromatic rings. The molecule has 2 rings (SSSR count). The zero-order valence-electron chi connectivity index (χ0n) is 13.0. The van der Waals surface area contributed by atoms with Gasteiger partial charge in [-0.05, 0) is 45.0 Å². The molecule has 6 heteroatoms. The van der Waals surface area contributed by atoms with Gasteiger partial charge in [0, 0.05) is 19.1 Å². The minimum Gasteiger partial charge on any atom is -0.384 e. The minimum absolute atomic E-state index is 0.000817. The largest absolute Gasteiger partial charge is 0.384 e. The summed E-state index contributed by atoms with van der Waals surface area (Å²) in [6.45, 7) is 6.58. The Morgan fingerprint density at radius 3 is 2.71 bits per heavy atom. The van der Waals surface area contributed by atoms with E-state index in [1.807, 2.05) is 13.0 Å². The zero-order valence-corrected chi connectivity index (χ0v) is 13.8. The van der Waals surface area contributed by atoms with Gasteiger partial charge in [-0.25, -0.2) is 13.1 Å². The van der Waals surface area contributed by atoms with E-state index in [9.17, 15) is 8.42 Å². The van der Waals surface area contributed by atoms with Crippen LogP contribution >= 0.6 is 0 Å². The van der Waals surface area contributed by atoms with Crippen LogP contribution in [0.4, 0.5) is 5.69 Å². The first-order chi connectivity index (χ1) is 9.94. The third kappa shape index (κ3) is 3.96. The number of para-hydroxylation sites is 1. The number of anilines is 1. The highest BCUT2D eigenvalue weighted by molar-refractivity contribution is 7.89. The average Bonchev–Trinajstić information content (AvgIpc) is 2.43. The van der Waals surface area contributed by atoms with Crippen LogP contribution in [0.5, 0.6) is 0 Å². The minimum atomic E-state index is -3.49. The molecule has 0 bridgehead atoms. The lowest BCUT2D eigenvalue weighted by Gasteiger charge is -2.35.